The van der Waals surface area contributed by atoms with Gasteiger partial charge in [0.05, 0.1) is 7.11 Å². The van der Waals surface area contributed by atoms with Crippen molar-refractivity contribution in [3.63, 3.8) is 0 Å². The van der Waals surface area contributed by atoms with E-state index in [1.54, 1.807) is 19.1 Å². The van der Waals surface area contributed by atoms with Crippen molar-refractivity contribution in [1.82, 2.24) is 15.6 Å². The maximum Gasteiger partial charge on any atom is 0.257 e. The summed E-state index contributed by atoms with van der Waals surface area (Å²) in [6, 6.07) is 12.2. The van der Waals surface area contributed by atoms with Crippen LogP contribution in [0.25, 0.3) is 0 Å². The second kappa shape index (κ2) is 8.10. The number of rotatable bonds is 6. The molecule has 2 N–H and O–H groups in total. The van der Waals surface area contributed by atoms with Gasteiger partial charge in [0.15, 0.2) is 0 Å². The fourth-order valence-corrected chi connectivity index (χ4v) is 2.14. The Morgan fingerprint density at radius 3 is 2.54 bits per heavy atom. The lowest BCUT2D eigenvalue weighted by atomic mass is 10.2. The summed E-state index contributed by atoms with van der Waals surface area (Å²) in [5.41, 5.74) is 2.04. The lowest BCUT2D eigenvalue weighted by molar-refractivity contribution is -0.122. The number of nitrogens with one attached hydrogen (secondary N) is 2. The summed E-state index contributed by atoms with van der Waals surface area (Å²) in [6.45, 7) is 3.85. The van der Waals surface area contributed by atoms with Crippen molar-refractivity contribution in [2.45, 2.75) is 26.4 Å². The van der Waals surface area contributed by atoms with Crippen molar-refractivity contribution < 1.29 is 14.3 Å². The van der Waals surface area contributed by atoms with E-state index in [0.29, 0.717) is 12.1 Å². The molecule has 0 fully saturated rings. The number of aromatic nitrogens is 1. The molecule has 0 aliphatic heterocycles. The summed E-state index contributed by atoms with van der Waals surface area (Å²) in [4.78, 5) is 28.6. The molecule has 2 rings (SSSR count). The second-order valence-electron chi connectivity index (χ2n) is 5.41. The summed E-state index contributed by atoms with van der Waals surface area (Å²) in [5.74, 6) is -0.419. The van der Waals surface area contributed by atoms with E-state index in [9.17, 15) is 9.59 Å². The predicted octanol–water partition coefficient (Wildman–Crippen LogP) is 1.83. The minimum Gasteiger partial charge on any atom is -0.480 e. The lowest BCUT2D eigenvalue weighted by Crippen LogP contribution is -2.44. The van der Waals surface area contributed by atoms with Gasteiger partial charge < -0.3 is 15.4 Å². The average Bonchev–Trinajstić information content (AvgIpc) is 2.60. The fourth-order valence-electron chi connectivity index (χ4n) is 2.14. The Labute approximate surface area is 141 Å². The Morgan fingerprint density at radius 1 is 1.17 bits per heavy atom. The summed E-state index contributed by atoms with van der Waals surface area (Å²) in [5, 5.41) is 5.45. The van der Waals surface area contributed by atoms with Gasteiger partial charge in [0.25, 0.3) is 5.91 Å². The Hall–Kier alpha value is -2.89. The lowest BCUT2D eigenvalue weighted by Gasteiger charge is -2.15. The van der Waals surface area contributed by atoms with E-state index in [-0.39, 0.29) is 11.8 Å². The van der Waals surface area contributed by atoms with Gasteiger partial charge in [0.2, 0.25) is 11.8 Å². The van der Waals surface area contributed by atoms with Crippen LogP contribution in [0.15, 0.2) is 42.5 Å². The van der Waals surface area contributed by atoms with E-state index in [1.165, 1.54) is 7.11 Å². The average molecular weight is 327 g/mol. The number of amides is 2. The summed E-state index contributed by atoms with van der Waals surface area (Å²) in [6.07, 6.45) is 0. The number of methoxy groups -OCH3 is 1. The van der Waals surface area contributed by atoms with E-state index < -0.39 is 11.9 Å². The zero-order chi connectivity index (χ0) is 17.5. The quantitative estimate of drug-likeness (QED) is 0.848. The first kappa shape index (κ1) is 17.5. The van der Waals surface area contributed by atoms with Crippen LogP contribution in [0, 0.1) is 6.92 Å². The fraction of sp³-hybridized carbons (Fsp3) is 0.278. The van der Waals surface area contributed by atoms with E-state index in [4.69, 9.17) is 4.74 Å². The molecule has 0 radical (unpaired) electrons. The number of hydrogen-bond donors (Lipinski definition) is 2. The molecule has 6 nitrogen and oxygen atoms in total. The zero-order valence-corrected chi connectivity index (χ0v) is 14.0. The molecule has 0 saturated carbocycles. The number of aryl methyl sites for hydroxylation is 1. The molecule has 126 valence electrons. The molecule has 2 aromatic rings. The molecule has 1 atom stereocenters. The first-order chi connectivity index (χ1) is 11.5. The van der Waals surface area contributed by atoms with Crippen LogP contribution in [0.4, 0.5) is 0 Å². The molecule has 24 heavy (non-hydrogen) atoms. The van der Waals surface area contributed by atoms with Crippen molar-refractivity contribution >= 4 is 11.8 Å². The molecule has 0 aliphatic rings. The summed E-state index contributed by atoms with van der Waals surface area (Å²) in [7, 11) is 1.45. The standard InChI is InChI=1S/C18H21N3O3/c1-12-9-10-15(18(20-12)24-3)17(23)21-13(2)16(22)19-11-14-7-5-4-6-8-14/h4-10,13H,11H2,1-3H3,(H,19,22)(H,21,23). The van der Waals surface area contributed by atoms with Gasteiger partial charge >= 0.3 is 0 Å². The number of nitrogens with zero attached hydrogens (tertiary/aromatic N) is 1. The molecule has 2 amide bonds. The van der Waals surface area contributed by atoms with Gasteiger partial charge in [-0.05, 0) is 31.5 Å². The number of pyridine rings is 1. The van der Waals surface area contributed by atoms with Crippen molar-refractivity contribution in [1.29, 1.82) is 0 Å². The topological polar surface area (TPSA) is 80.3 Å². The number of benzene rings is 1. The Morgan fingerprint density at radius 2 is 1.88 bits per heavy atom. The molecule has 6 heteroatoms. The summed E-state index contributed by atoms with van der Waals surface area (Å²) >= 11 is 0. The Bertz CT molecular complexity index is 717. The van der Waals surface area contributed by atoms with Gasteiger partial charge in [0.1, 0.15) is 11.6 Å². The SMILES string of the molecule is COc1nc(C)ccc1C(=O)NC(C)C(=O)NCc1ccccc1. The number of ether oxygens (including phenoxy) is 1. The zero-order valence-electron chi connectivity index (χ0n) is 14.0. The predicted molar refractivity (Wildman–Crippen MR) is 90.7 cm³/mol. The van der Waals surface area contributed by atoms with E-state index in [2.05, 4.69) is 15.6 Å². The highest BCUT2D eigenvalue weighted by atomic mass is 16.5. The highest BCUT2D eigenvalue weighted by Gasteiger charge is 2.19. The minimum atomic E-state index is -0.674. The van der Waals surface area contributed by atoms with E-state index in [0.717, 1.165) is 11.3 Å². The molecule has 0 spiro atoms. The smallest absolute Gasteiger partial charge is 0.257 e. The van der Waals surface area contributed by atoms with Crippen molar-refractivity contribution in [2.75, 3.05) is 7.11 Å². The third kappa shape index (κ3) is 4.55. The van der Waals surface area contributed by atoms with Crippen LogP contribution in [0.3, 0.4) is 0 Å². The highest BCUT2D eigenvalue weighted by molar-refractivity contribution is 5.99. The maximum atomic E-state index is 12.3. The van der Waals surface area contributed by atoms with Crippen LogP contribution in [0.2, 0.25) is 0 Å². The largest absolute Gasteiger partial charge is 0.480 e. The van der Waals surface area contributed by atoms with Crippen LogP contribution in [-0.2, 0) is 11.3 Å². The van der Waals surface area contributed by atoms with Crippen LogP contribution in [-0.4, -0.2) is 29.9 Å². The van der Waals surface area contributed by atoms with Crippen LogP contribution in [0.1, 0.15) is 28.5 Å². The van der Waals surface area contributed by atoms with Crippen molar-refractivity contribution in [3.05, 3.63) is 59.3 Å². The molecular weight excluding hydrogens is 306 g/mol. The van der Waals surface area contributed by atoms with Gasteiger partial charge in [-0.25, -0.2) is 4.98 Å². The van der Waals surface area contributed by atoms with Gasteiger partial charge in [-0.3, -0.25) is 9.59 Å². The first-order valence-corrected chi connectivity index (χ1v) is 7.65. The maximum absolute atomic E-state index is 12.3. The van der Waals surface area contributed by atoms with Crippen LogP contribution < -0.4 is 15.4 Å². The Balaban J connectivity index is 1.94. The molecule has 1 heterocycles. The van der Waals surface area contributed by atoms with Gasteiger partial charge in [-0.15, -0.1) is 0 Å². The number of carbonyl (C=O) groups excluding carboxylic acids is 2. The molecule has 0 aliphatic carbocycles. The summed E-state index contributed by atoms with van der Waals surface area (Å²) < 4.78 is 5.12. The molecule has 1 unspecified atom stereocenters. The van der Waals surface area contributed by atoms with Crippen LogP contribution >= 0.6 is 0 Å². The third-order valence-electron chi connectivity index (χ3n) is 3.49. The first-order valence-electron chi connectivity index (χ1n) is 7.65. The normalized spacial score (nSPS) is 11.5. The number of carbonyl (C=O) groups is 2. The third-order valence-corrected chi connectivity index (χ3v) is 3.49. The Kier molecular flexibility index (Phi) is 5.89. The highest BCUT2D eigenvalue weighted by Crippen LogP contribution is 2.15. The van der Waals surface area contributed by atoms with Gasteiger partial charge in [0, 0.05) is 12.2 Å². The van der Waals surface area contributed by atoms with Gasteiger partial charge in [-0.2, -0.15) is 0 Å². The van der Waals surface area contributed by atoms with E-state index >= 15 is 0 Å². The molecule has 1 aromatic heterocycles. The van der Waals surface area contributed by atoms with E-state index in [1.807, 2.05) is 37.3 Å². The molecular formula is C18H21N3O3. The molecule has 0 saturated heterocycles. The number of hydrogen-bond acceptors (Lipinski definition) is 4. The van der Waals surface area contributed by atoms with Crippen molar-refractivity contribution in [3.8, 4) is 5.88 Å². The monoisotopic (exact) mass is 327 g/mol. The minimum absolute atomic E-state index is 0.240. The van der Waals surface area contributed by atoms with Gasteiger partial charge in [-0.1, -0.05) is 30.3 Å². The van der Waals surface area contributed by atoms with Crippen molar-refractivity contribution in [2.24, 2.45) is 0 Å². The second-order valence-corrected chi connectivity index (χ2v) is 5.41. The molecule has 1 aromatic carbocycles. The molecule has 0 bridgehead atoms. The van der Waals surface area contributed by atoms with Crippen LogP contribution in [0.5, 0.6) is 5.88 Å².